The molecule has 0 amide bonds. The van der Waals surface area contributed by atoms with Crippen LogP contribution in [0.4, 0.5) is 11.5 Å². The second kappa shape index (κ2) is 8.39. The Morgan fingerprint density at radius 3 is 2.83 bits per heavy atom. The molecule has 0 aliphatic rings. The van der Waals surface area contributed by atoms with Crippen molar-refractivity contribution in [2.45, 2.75) is 26.4 Å². The van der Waals surface area contributed by atoms with Gasteiger partial charge in [-0.2, -0.15) is 5.10 Å². The first-order valence-electron chi connectivity index (χ1n) is 7.35. The number of hydrogen-bond acceptors (Lipinski definition) is 6. The largest absolute Gasteiger partial charge is 0.490 e. The predicted molar refractivity (Wildman–Crippen MR) is 96.6 cm³/mol. The SMILES string of the molecule is CC[C@H](C)Oc1ccc(C=NNc2ccc([N+](=O)[O-])cn2)cc1Br. The van der Waals surface area contributed by atoms with E-state index >= 15 is 0 Å². The highest BCUT2D eigenvalue weighted by Gasteiger charge is 2.06. The summed E-state index contributed by atoms with van der Waals surface area (Å²) in [5.74, 6) is 1.21. The minimum Gasteiger partial charge on any atom is -0.490 e. The second-order valence-electron chi connectivity index (χ2n) is 5.06. The Bertz CT molecular complexity index is 735. The molecule has 0 unspecified atom stereocenters. The van der Waals surface area contributed by atoms with E-state index in [-0.39, 0.29) is 11.8 Å². The predicted octanol–water partition coefficient (Wildman–Crippen LogP) is 4.38. The molecule has 2 rings (SSSR count). The van der Waals surface area contributed by atoms with Crippen molar-refractivity contribution in [3.05, 3.63) is 56.7 Å². The normalized spacial score (nSPS) is 12.1. The van der Waals surface area contributed by atoms with E-state index in [1.807, 2.05) is 25.1 Å². The van der Waals surface area contributed by atoms with E-state index in [2.05, 4.69) is 38.4 Å². The summed E-state index contributed by atoms with van der Waals surface area (Å²) in [7, 11) is 0. The molecule has 126 valence electrons. The molecule has 7 nitrogen and oxygen atoms in total. The molecular formula is C16H17BrN4O3. The zero-order chi connectivity index (χ0) is 17.5. The Morgan fingerprint density at radius 2 is 2.25 bits per heavy atom. The number of aromatic nitrogens is 1. The molecule has 1 aromatic carbocycles. The molecule has 1 heterocycles. The molecule has 0 radical (unpaired) electrons. The summed E-state index contributed by atoms with van der Waals surface area (Å²) in [6.45, 7) is 4.08. The lowest BCUT2D eigenvalue weighted by molar-refractivity contribution is -0.385. The molecule has 1 N–H and O–H groups in total. The maximum atomic E-state index is 10.6. The Hall–Kier alpha value is -2.48. The van der Waals surface area contributed by atoms with Crippen LogP contribution in [0.5, 0.6) is 5.75 Å². The van der Waals surface area contributed by atoms with Gasteiger partial charge in [-0.25, -0.2) is 4.98 Å². The lowest BCUT2D eigenvalue weighted by atomic mass is 10.2. The average Bonchev–Trinajstić information content (AvgIpc) is 2.57. The fraction of sp³-hybridized carbons (Fsp3) is 0.250. The van der Waals surface area contributed by atoms with E-state index in [4.69, 9.17) is 4.74 Å². The third-order valence-electron chi connectivity index (χ3n) is 3.21. The van der Waals surface area contributed by atoms with Gasteiger partial charge in [0, 0.05) is 6.07 Å². The molecular weight excluding hydrogens is 376 g/mol. The van der Waals surface area contributed by atoms with Gasteiger partial charge < -0.3 is 4.74 Å². The minimum absolute atomic E-state index is 0.0645. The molecule has 0 saturated carbocycles. The second-order valence-corrected chi connectivity index (χ2v) is 5.91. The van der Waals surface area contributed by atoms with Gasteiger partial charge in [0.1, 0.15) is 17.8 Å². The Balaban J connectivity index is 1.99. The smallest absolute Gasteiger partial charge is 0.287 e. The number of nitro groups is 1. The number of nitrogens with zero attached hydrogens (tertiary/aromatic N) is 3. The number of halogens is 1. The van der Waals surface area contributed by atoms with Crippen LogP contribution >= 0.6 is 15.9 Å². The third kappa shape index (κ3) is 5.02. The van der Waals surface area contributed by atoms with E-state index in [0.717, 1.165) is 22.2 Å². The van der Waals surface area contributed by atoms with Crippen LogP contribution in [0.2, 0.25) is 0 Å². The van der Waals surface area contributed by atoms with Gasteiger partial charge >= 0.3 is 0 Å². The topological polar surface area (TPSA) is 89.6 Å². The first kappa shape index (κ1) is 17.9. The van der Waals surface area contributed by atoms with Crippen molar-refractivity contribution in [3.63, 3.8) is 0 Å². The average molecular weight is 393 g/mol. The summed E-state index contributed by atoms with van der Waals surface area (Å²) in [4.78, 5) is 14.0. The molecule has 8 heteroatoms. The minimum atomic E-state index is -0.499. The highest BCUT2D eigenvalue weighted by molar-refractivity contribution is 9.10. The zero-order valence-corrected chi connectivity index (χ0v) is 14.9. The van der Waals surface area contributed by atoms with Gasteiger partial charge in [0.15, 0.2) is 0 Å². The number of rotatable bonds is 7. The highest BCUT2D eigenvalue weighted by Crippen LogP contribution is 2.26. The number of pyridine rings is 1. The Kier molecular flexibility index (Phi) is 6.25. The number of benzene rings is 1. The van der Waals surface area contributed by atoms with Crippen molar-refractivity contribution in [3.8, 4) is 5.75 Å². The molecule has 1 aromatic heterocycles. The first-order valence-corrected chi connectivity index (χ1v) is 8.14. The molecule has 0 aliphatic carbocycles. The number of hydrogen-bond donors (Lipinski definition) is 1. The molecule has 0 bridgehead atoms. The first-order chi connectivity index (χ1) is 11.5. The van der Waals surface area contributed by atoms with Crippen LogP contribution in [0.3, 0.4) is 0 Å². The van der Waals surface area contributed by atoms with Gasteiger partial charge in [-0.05, 0) is 59.1 Å². The summed E-state index contributed by atoms with van der Waals surface area (Å²) in [5, 5.41) is 14.6. The quantitative estimate of drug-likeness (QED) is 0.429. The van der Waals surface area contributed by atoms with Crippen molar-refractivity contribution < 1.29 is 9.66 Å². The van der Waals surface area contributed by atoms with Crippen molar-refractivity contribution in [2.75, 3.05) is 5.43 Å². The molecule has 2 aromatic rings. The number of nitrogens with one attached hydrogen (secondary N) is 1. The molecule has 0 aliphatic heterocycles. The number of ether oxygens (including phenoxy) is 1. The standard InChI is InChI=1S/C16H17BrN4O3/c1-3-11(2)24-15-6-4-12(8-14(15)17)9-19-20-16-7-5-13(10-18-16)21(22)23/h4-11H,3H2,1-2H3,(H,18,20)/t11-/m0/s1. The van der Waals surface area contributed by atoms with Crippen LogP contribution in [0.1, 0.15) is 25.8 Å². The van der Waals surface area contributed by atoms with Crippen molar-refractivity contribution >= 4 is 33.6 Å². The van der Waals surface area contributed by atoms with E-state index < -0.39 is 4.92 Å². The summed E-state index contributed by atoms with van der Waals surface area (Å²) in [5.41, 5.74) is 3.53. The van der Waals surface area contributed by atoms with Crippen molar-refractivity contribution in [2.24, 2.45) is 5.10 Å². The Labute approximate surface area is 148 Å². The molecule has 0 saturated heterocycles. The van der Waals surface area contributed by atoms with Crippen LogP contribution in [0, 0.1) is 10.1 Å². The molecule has 0 spiro atoms. The number of hydrazone groups is 1. The lowest BCUT2D eigenvalue weighted by Crippen LogP contribution is -2.10. The highest BCUT2D eigenvalue weighted by atomic mass is 79.9. The van der Waals surface area contributed by atoms with E-state index in [1.165, 1.54) is 18.3 Å². The van der Waals surface area contributed by atoms with E-state index in [0.29, 0.717) is 5.82 Å². The van der Waals surface area contributed by atoms with E-state index in [1.54, 1.807) is 6.21 Å². The fourth-order valence-electron chi connectivity index (χ4n) is 1.73. The monoisotopic (exact) mass is 392 g/mol. The molecule has 24 heavy (non-hydrogen) atoms. The maximum absolute atomic E-state index is 10.6. The zero-order valence-electron chi connectivity index (χ0n) is 13.3. The maximum Gasteiger partial charge on any atom is 0.287 e. The lowest BCUT2D eigenvalue weighted by Gasteiger charge is -2.14. The van der Waals surface area contributed by atoms with Gasteiger partial charge in [0.2, 0.25) is 0 Å². The van der Waals surface area contributed by atoms with Crippen LogP contribution in [0.15, 0.2) is 46.1 Å². The van der Waals surface area contributed by atoms with Gasteiger partial charge in [0.25, 0.3) is 5.69 Å². The third-order valence-corrected chi connectivity index (χ3v) is 3.83. The Morgan fingerprint density at radius 1 is 1.46 bits per heavy atom. The number of anilines is 1. The van der Waals surface area contributed by atoms with Gasteiger partial charge in [-0.15, -0.1) is 0 Å². The summed E-state index contributed by atoms with van der Waals surface area (Å²) >= 11 is 3.48. The summed E-state index contributed by atoms with van der Waals surface area (Å²) in [6.07, 6.45) is 3.88. The van der Waals surface area contributed by atoms with Crippen LogP contribution < -0.4 is 10.2 Å². The molecule has 1 atom stereocenters. The van der Waals surface area contributed by atoms with Gasteiger partial charge in [0.05, 0.1) is 21.7 Å². The van der Waals surface area contributed by atoms with Crippen LogP contribution in [-0.4, -0.2) is 22.2 Å². The molecule has 0 fully saturated rings. The fourth-order valence-corrected chi connectivity index (χ4v) is 2.22. The van der Waals surface area contributed by atoms with Gasteiger partial charge in [-0.3, -0.25) is 15.5 Å². The van der Waals surface area contributed by atoms with Crippen molar-refractivity contribution in [1.29, 1.82) is 0 Å². The van der Waals surface area contributed by atoms with Crippen LogP contribution in [0.25, 0.3) is 0 Å². The van der Waals surface area contributed by atoms with Crippen LogP contribution in [-0.2, 0) is 0 Å². The van der Waals surface area contributed by atoms with Gasteiger partial charge in [-0.1, -0.05) is 6.92 Å². The van der Waals surface area contributed by atoms with Crippen molar-refractivity contribution in [1.82, 2.24) is 4.98 Å². The summed E-state index contributed by atoms with van der Waals surface area (Å²) in [6, 6.07) is 8.52. The van der Waals surface area contributed by atoms with E-state index in [9.17, 15) is 10.1 Å². The summed E-state index contributed by atoms with van der Waals surface area (Å²) < 4.78 is 6.63.